The molecule has 0 aliphatic heterocycles. The van der Waals surface area contributed by atoms with E-state index in [1.165, 1.54) is 12.1 Å². The number of nitrogens with two attached hydrogens (primary N) is 1. The molecule has 0 bridgehead atoms. The number of hydrogen-bond donors (Lipinski definition) is 12. The SMILES string of the molecule is CCCC[C@H](NC(=O)[C@H](Cc1ccc(S(=O)(=O)O)cc1)NC(=O)OC(C)(C)C)C(=O)NCC(=O)N[C@@H](Cc1c[nH]c2ccccc12)C(=O)N[C@@H](CCCNC(=O)OC(C)(C)C)C(=O)N[C@@H](CC(=O)O)C(=O)N[C@@H](Cc1ccccc1)C(N)=O. The molecule has 26 nitrogen and oxygen atoms in total. The van der Waals surface area contributed by atoms with Crippen molar-refractivity contribution < 1.29 is 75.5 Å². The Kier molecular flexibility index (Phi) is 25.0. The summed E-state index contributed by atoms with van der Waals surface area (Å²) in [5.74, 6) is -8.12. The van der Waals surface area contributed by atoms with Crippen LogP contribution in [0, 0.1) is 0 Å². The van der Waals surface area contributed by atoms with Crippen molar-refractivity contribution in [3.63, 3.8) is 0 Å². The number of rotatable bonds is 30. The molecule has 0 saturated heterocycles. The number of fused-ring (bicyclic) bond motifs is 1. The van der Waals surface area contributed by atoms with Crippen molar-refractivity contribution in [2.24, 2.45) is 5.73 Å². The van der Waals surface area contributed by atoms with E-state index in [0.717, 1.165) is 12.1 Å². The third-order valence-corrected chi connectivity index (χ3v) is 13.1. The molecular weight excluding hydrogens is 1100 g/mol. The monoisotopic (exact) mass is 1180 g/mol. The molecule has 0 fully saturated rings. The first-order valence-electron chi connectivity index (χ1n) is 26.8. The van der Waals surface area contributed by atoms with Crippen LogP contribution in [0.15, 0.2) is 90.0 Å². The Morgan fingerprint density at radius 2 is 1.08 bits per heavy atom. The van der Waals surface area contributed by atoms with E-state index in [1.807, 2.05) is 6.92 Å². The van der Waals surface area contributed by atoms with Crippen molar-refractivity contribution in [2.45, 2.75) is 159 Å². The van der Waals surface area contributed by atoms with Gasteiger partial charge in [0.25, 0.3) is 10.1 Å². The summed E-state index contributed by atoms with van der Waals surface area (Å²) in [4.78, 5) is 137. The van der Waals surface area contributed by atoms with E-state index in [9.17, 15) is 66.0 Å². The van der Waals surface area contributed by atoms with Gasteiger partial charge >= 0.3 is 18.2 Å². The fourth-order valence-electron chi connectivity index (χ4n) is 8.26. The summed E-state index contributed by atoms with van der Waals surface area (Å²) in [6.45, 7) is 10.8. The highest BCUT2D eigenvalue weighted by Gasteiger charge is 2.34. The quantitative estimate of drug-likeness (QED) is 0.0263. The Bertz CT molecular complexity index is 3030. The number of carbonyl (C=O) groups excluding carboxylic acids is 9. The number of primary amides is 1. The lowest BCUT2D eigenvalue weighted by atomic mass is 10.0. The van der Waals surface area contributed by atoms with Crippen LogP contribution in [0.3, 0.4) is 0 Å². The van der Waals surface area contributed by atoms with E-state index in [-0.39, 0.29) is 45.1 Å². The second-order valence-corrected chi connectivity index (χ2v) is 23.0. The molecule has 3 aromatic carbocycles. The van der Waals surface area contributed by atoms with Gasteiger partial charge in [0.1, 0.15) is 47.5 Å². The Morgan fingerprint density at radius 1 is 0.578 bits per heavy atom. The number of para-hydroxylation sites is 1. The Morgan fingerprint density at radius 3 is 1.67 bits per heavy atom. The second kappa shape index (κ2) is 31.0. The van der Waals surface area contributed by atoms with Crippen LogP contribution in [-0.4, -0.2) is 143 Å². The summed E-state index contributed by atoms with van der Waals surface area (Å²) >= 11 is 0. The van der Waals surface area contributed by atoms with Gasteiger partial charge in [-0.2, -0.15) is 8.42 Å². The first kappa shape index (κ1) is 66.9. The molecule has 83 heavy (non-hydrogen) atoms. The normalized spacial score (nSPS) is 13.7. The summed E-state index contributed by atoms with van der Waals surface area (Å²) < 4.78 is 43.5. The fraction of sp³-hybridized carbons (Fsp3) is 0.464. The molecule has 0 saturated carbocycles. The number of hydrogen-bond acceptors (Lipinski definition) is 14. The van der Waals surface area contributed by atoms with Crippen LogP contribution in [0.2, 0.25) is 0 Å². The van der Waals surface area contributed by atoms with Crippen LogP contribution in [0.4, 0.5) is 9.59 Å². The number of unbranched alkanes of at least 4 members (excludes halogenated alkanes) is 1. The average Bonchev–Trinajstić information content (AvgIpc) is 4.04. The van der Waals surface area contributed by atoms with Crippen molar-refractivity contribution in [2.75, 3.05) is 13.1 Å². The number of amides is 9. The number of alkyl carbamates (subject to hydrolysis) is 2. The van der Waals surface area contributed by atoms with Gasteiger partial charge in [-0.3, -0.25) is 42.9 Å². The largest absolute Gasteiger partial charge is 0.481 e. The maximum absolute atomic E-state index is 14.6. The predicted octanol–water partition coefficient (Wildman–Crippen LogP) is 2.33. The Labute approximate surface area is 481 Å². The van der Waals surface area contributed by atoms with E-state index in [1.54, 1.807) is 102 Å². The number of carbonyl (C=O) groups is 10. The Balaban J connectivity index is 1.60. The fourth-order valence-corrected chi connectivity index (χ4v) is 8.74. The molecule has 6 atom stereocenters. The molecule has 27 heteroatoms. The minimum atomic E-state index is -4.55. The number of aliphatic carboxylic acids is 1. The number of carboxylic acids is 1. The molecule has 1 aromatic heterocycles. The number of H-pyrrole nitrogens is 1. The van der Waals surface area contributed by atoms with Crippen LogP contribution in [-0.2, 0) is 77.2 Å². The second-order valence-electron chi connectivity index (χ2n) is 21.6. The molecule has 4 aromatic rings. The van der Waals surface area contributed by atoms with Crippen LogP contribution < -0.4 is 48.3 Å². The third-order valence-electron chi connectivity index (χ3n) is 12.2. The van der Waals surface area contributed by atoms with Crippen LogP contribution in [0.25, 0.3) is 10.9 Å². The first-order chi connectivity index (χ1) is 38.9. The molecule has 0 aliphatic rings. The number of benzene rings is 3. The molecule has 1 heterocycles. The van der Waals surface area contributed by atoms with Crippen molar-refractivity contribution in [1.82, 2.24) is 47.5 Å². The number of nitrogens with one attached hydrogen (secondary N) is 9. The molecule has 452 valence electrons. The lowest BCUT2D eigenvalue weighted by Crippen LogP contribution is -2.59. The molecule has 13 N–H and O–H groups in total. The third kappa shape index (κ3) is 23.8. The van der Waals surface area contributed by atoms with Crippen molar-refractivity contribution in [1.29, 1.82) is 0 Å². The Hall–Kier alpha value is -8.59. The zero-order chi connectivity index (χ0) is 61.7. The zero-order valence-electron chi connectivity index (χ0n) is 47.4. The van der Waals surface area contributed by atoms with Gasteiger partial charge < -0.3 is 67.8 Å². The molecule has 0 aliphatic carbocycles. The summed E-state index contributed by atoms with van der Waals surface area (Å²) in [6.07, 6.45) is -0.815. The van der Waals surface area contributed by atoms with Gasteiger partial charge in [0, 0.05) is 42.9 Å². The number of ether oxygens (including phenoxy) is 2. The average molecular weight is 1180 g/mol. The highest BCUT2D eigenvalue weighted by atomic mass is 32.2. The van der Waals surface area contributed by atoms with E-state index in [4.69, 9.17) is 15.2 Å². The first-order valence-corrected chi connectivity index (χ1v) is 28.3. The highest BCUT2D eigenvalue weighted by Crippen LogP contribution is 2.20. The standard InChI is InChI=1S/C56H76N10O16S/c1-8-9-19-39(62-50(73)42(66-54(77)82-56(5,6)7)28-34-22-24-36(25-23-34)83(78,79)80)48(71)60-32-45(67)61-43(29-35-31-59-38-20-14-13-18-37(35)38)51(74)63-40(21-15-26-58-53(76)81-55(2,3)4)49(72)65-44(30-46(68)69)52(75)64-41(47(57)70)27-33-16-11-10-12-17-33/h10-14,16-18,20,22-25,31,39-44,59H,8-9,15,19,21,26-30,32H2,1-7H3,(H2,57,70)(H,58,76)(H,60,71)(H,61,67)(H,62,73)(H,63,74)(H,64,75)(H,65,72)(H,66,77)(H,68,69)(H,78,79,80)/t39-,40-,41-,42-,43-,44-/m0/s1. The van der Waals surface area contributed by atoms with Crippen LogP contribution in [0.1, 0.15) is 104 Å². The molecule has 4 rings (SSSR count). The molecular formula is C56H76N10O16S. The maximum Gasteiger partial charge on any atom is 0.408 e. The molecule has 0 radical (unpaired) electrons. The van der Waals surface area contributed by atoms with Gasteiger partial charge in [-0.25, -0.2) is 9.59 Å². The van der Waals surface area contributed by atoms with Crippen LogP contribution in [0.5, 0.6) is 0 Å². The van der Waals surface area contributed by atoms with Crippen molar-refractivity contribution in [3.05, 3.63) is 102 Å². The lowest BCUT2D eigenvalue weighted by molar-refractivity contribution is -0.141. The van der Waals surface area contributed by atoms with Gasteiger partial charge in [-0.15, -0.1) is 0 Å². The van der Waals surface area contributed by atoms with Gasteiger partial charge in [0.2, 0.25) is 41.4 Å². The van der Waals surface area contributed by atoms with Crippen LogP contribution >= 0.6 is 0 Å². The topological polar surface area (TPSA) is 402 Å². The summed E-state index contributed by atoms with van der Waals surface area (Å²) in [5.41, 5.74) is 5.97. The van der Waals surface area contributed by atoms with E-state index >= 15 is 0 Å². The number of aromatic amines is 1. The summed E-state index contributed by atoms with van der Waals surface area (Å²) in [6, 6.07) is 11.5. The molecule has 0 spiro atoms. The smallest absolute Gasteiger partial charge is 0.408 e. The van der Waals surface area contributed by atoms with Gasteiger partial charge in [-0.05, 0) is 95.7 Å². The highest BCUT2D eigenvalue weighted by molar-refractivity contribution is 7.85. The number of aromatic nitrogens is 1. The zero-order valence-corrected chi connectivity index (χ0v) is 48.2. The minimum Gasteiger partial charge on any atom is -0.481 e. The molecule has 0 unspecified atom stereocenters. The number of carboxylic acid groups (broad SMARTS) is 1. The van der Waals surface area contributed by atoms with E-state index < -0.39 is 135 Å². The van der Waals surface area contributed by atoms with Gasteiger partial charge in [-0.1, -0.05) is 80.4 Å². The van der Waals surface area contributed by atoms with E-state index in [0.29, 0.717) is 40.4 Å². The van der Waals surface area contributed by atoms with Gasteiger partial charge in [0.05, 0.1) is 17.9 Å². The van der Waals surface area contributed by atoms with Gasteiger partial charge in [0.15, 0.2) is 0 Å². The predicted molar refractivity (Wildman–Crippen MR) is 302 cm³/mol. The van der Waals surface area contributed by atoms with Crippen molar-refractivity contribution in [3.8, 4) is 0 Å². The molecule has 9 amide bonds. The van der Waals surface area contributed by atoms with E-state index in [2.05, 4.69) is 47.5 Å². The lowest BCUT2D eigenvalue weighted by Gasteiger charge is -2.26. The summed E-state index contributed by atoms with van der Waals surface area (Å²) in [7, 11) is -4.55. The summed E-state index contributed by atoms with van der Waals surface area (Å²) in [5, 5.41) is 30.7. The maximum atomic E-state index is 14.6. The minimum absolute atomic E-state index is 0.00255. The van der Waals surface area contributed by atoms with Crippen molar-refractivity contribution >= 4 is 80.5 Å².